The quantitative estimate of drug-likeness (QED) is 0.518. The molecule has 2 aromatic carbocycles. The molecule has 0 unspecified atom stereocenters. The van der Waals surface area contributed by atoms with Crippen LogP contribution in [0.2, 0.25) is 0 Å². The van der Waals surface area contributed by atoms with Crippen molar-refractivity contribution in [3.05, 3.63) is 48.3 Å². The minimum atomic E-state index is -0.242. The molecule has 2 aliphatic rings. The SMILES string of the molecule is COc1ccc(Nc2[nH][nH]c3c4ccc(F)cc4cc2-3)cc1OC. The molecule has 0 aromatic heterocycles. The molecule has 0 amide bonds. The molecule has 5 nitrogen and oxygen atoms in total. The van der Waals surface area contributed by atoms with Crippen molar-refractivity contribution in [2.75, 3.05) is 19.5 Å². The molecule has 0 atom stereocenters. The summed E-state index contributed by atoms with van der Waals surface area (Å²) in [6, 6.07) is 12.3. The summed E-state index contributed by atoms with van der Waals surface area (Å²) >= 11 is 0. The van der Waals surface area contributed by atoms with Crippen molar-refractivity contribution in [1.82, 2.24) is 10.2 Å². The first kappa shape index (κ1) is 14.4. The van der Waals surface area contributed by atoms with E-state index in [-0.39, 0.29) is 5.82 Å². The van der Waals surface area contributed by atoms with Crippen molar-refractivity contribution in [1.29, 1.82) is 0 Å². The summed E-state index contributed by atoms with van der Waals surface area (Å²) in [5.41, 5.74) is 2.75. The van der Waals surface area contributed by atoms with Crippen molar-refractivity contribution in [2.45, 2.75) is 0 Å². The number of fused-ring (bicyclic) bond motifs is 3. The number of nitrogens with one attached hydrogen (secondary N) is 3. The summed E-state index contributed by atoms with van der Waals surface area (Å²) < 4.78 is 24.0. The van der Waals surface area contributed by atoms with Gasteiger partial charge in [0.1, 0.15) is 11.6 Å². The third-order valence-electron chi connectivity index (χ3n) is 4.09. The molecule has 0 saturated carbocycles. The number of hydrogen-bond acceptors (Lipinski definition) is 3. The average Bonchev–Trinajstić information content (AvgIpc) is 3.14. The van der Waals surface area contributed by atoms with Gasteiger partial charge in [0, 0.05) is 22.7 Å². The predicted molar refractivity (Wildman–Crippen MR) is 92.1 cm³/mol. The van der Waals surface area contributed by atoms with E-state index in [0.717, 1.165) is 33.5 Å². The molecule has 0 saturated heterocycles. The number of anilines is 2. The molecule has 6 heteroatoms. The van der Waals surface area contributed by atoms with Gasteiger partial charge in [-0.05, 0) is 41.8 Å². The molecular formula is C18H16FN3O2. The molecule has 24 heavy (non-hydrogen) atoms. The first-order valence-corrected chi connectivity index (χ1v) is 7.47. The smallest absolute Gasteiger partial charge is 0.162 e. The highest BCUT2D eigenvalue weighted by molar-refractivity contribution is 6.04. The van der Waals surface area contributed by atoms with Crippen molar-refractivity contribution < 1.29 is 13.9 Å². The number of aromatic amines is 2. The number of hydrogen-bond donors (Lipinski definition) is 3. The van der Waals surface area contributed by atoms with E-state index in [1.807, 2.05) is 24.3 Å². The summed E-state index contributed by atoms with van der Waals surface area (Å²) in [7, 11) is 3.20. The van der Waals surface area contributed by atoms with Crippen molar-refractivity contribution in [3.8, 4) is 22.8 Å². The fourth-order valence-electron chi connectivity index (χ4n) is 2.93. The van der Waals surface area contributed by atoms with E-state index in [4.69, 9.17) is 9.47 Å². The zero-order valence-electron chi connectivity index (χ0n) is 13.2. The largest absolute Gasteiger partial charge is 0.493 e. The van der Waals surface area contributed by atoms with Gasteiger partial charge in [0.05, 0.1) is 19.9 Å². The van der Waals surface area contributed by atoms with E-state index in [2.05, 4.69) is 15.5 Å². The second-order valence-electron chi connectivity index (χ2n) is 5.48. The Morgan fingerprint density at radius 3 is 2.54 bits per heavy atom. The highest BCUT2D eigenvalue weighted by Crippen LogP contribution is 2.39. The minimum Gasteiger partial charge on any atom is -0.493 e. The number of aromatic nitrogens is 2. The molecule has 1 aliphatic carbocycles. The Balaban J connectivity index is 1.72. The van der Waals surface area contributed by atoms with Gasteiger partial charge in [0.2, 0.25) is 0 Å². The second-order valence-corrected chi connectivity index (χ2v) is 5.48. The monoisotopic (exact) mass is 325 g/mol. The lowest BCUT2D eigenvalue weighted by atomic mass is 10.2. The van der Waals surface area contributed by atoms with E-state index < -0.39 is 0 Å². The first-order chi connectivity index (χ1) is 11.7. The van der Waals surface area contributed by atoms with Crippen LogP contribution in [0.4, 0.5) is 15.9 Å². The van der Waals surface area contributed by atoms with E-state index >= 15 is 0 Å². The zero-order valence-corrected chi connectivity index (χ0v) is 13.2. The molecule has 2 aromatic rings. The summed E-state index contributed by atoms with van der Waals surface area (Å²) in [6.45, 7) is 0. The van der Waals surface area contributed by atoms with Crippen LogP contribution in [0.15, 0.2) is 42.5 Å². The fraction of sp³-hybridized carbons (Fsp3) is 0.111. The van der Waals surface area contributed by atoms with Gasteiger partial charge in [-0.3, -0.25) is 10.2 Å². The standard InChI is InChI=1S/C18H16FN3O2/c1-23-15-6-4-12(9-16(15)24-2)20-18-14-8-10-7-11(19)3-5-13(10)17(14)21-22-18/h3-9,20-22H,1-2H3. The van der Waals surface area contributed by atoms with E-state index in [1.165, 1.54) is 12.1 Å². The molecule has 0 bridgehead atoms. The Kier molecular flexibility index (Phi) is 3.30. The minimum absolute atomic E-state index is 0.242. The number of ether oxygens (including phenoxy) is 2. The van der Waals surface area contributed by atoms with Crippen molar-refractivity contribution in [3.63, 3.8) is 0 Å². The van der Waals surface area contributed by atoms with Crippen LogP contribution in [0.5, 0.6) is 11.5 Å². The highest BCUT2D eigenvalue weighted by Gasteiger charge is 2.17. The van der Waals surface area contributed by atoms with Gasteiger partial charge < -0.3 is 14.8 Å². The fourth-order valence-corrected chi connectivity index (χ4v) is 2.93. The van der Waals surface area contributed by atoms with Crippen molar-refractivity contribution >= 4 is 22.3 Å². The molecule has 3 N–H and O–H groups in total. The van der Waals surface area contributed by atoms with Crippen LogP contribution in [0, 0.1) is 5.82 Å². The summed E-state index contributed by atoms with van der Waals surface area (Å²) in [5, 5.41) is 11.4. The molecule has 0 spiro atoms. The van der Waals surface area contributed by atoms with Crippen LogP contribution >= 0.6 is 0 Å². The van der Waals surface area contributed by atoms with Gasteiger partial charge >= 0.3 is 0 Å². The maximum absolute atomic E-state index is 13.4. The number of halogens is 1. The Morgan fingerprint density at radius 2 is 1.75 bits per heavy atom. The van der Waals surface area contributed by atoms with Gasteiger partial charge in [-0.25, -0.2) is 4.39 Å². The third-order valence-corrected chi connectivity index (χ3v) is 4.09. The molecule has 1 heterocycles. The molecular weight excluding hydrogens is 309 g/mol. The van der Waals surface area contributed by atoms with Crippen LogP contribution < -0.4 is 14.8 Å². The second kappa shape index (κ2) is 5.49. The molecule has 0 radical (unpaired) electrons. The van der Waals surface area contributed by atoms with Gasteiger partial charge in [-0.2, -0.15) is 0 Å². The van der Waals surface area contributed by atoms with Crippen molar-refractivity contribution in [2.24, 2.45) is 0 Å². The zero-order chi connectivity index (χ0) is 16.7. The molecule has 0 fully saturated rings. The maximum Gasteiger partial charge on any atom is 0.162 e. The number of H-pyrrole nitrogens is 2. The Morgan fingerprint density at radius 1 is 0.917 bits per heavy atom. The molecule has 122 valence electrons. The summed E-state index contributed by atoms with van der Waals surface area (Å²) in [4.78, 5) is 0. The summed E-state index contributed by atoms with van der Waals surface area (Å²) in [5.74, 6) is 1.87. The lowest BCUT2D eigenvalue weighted by Crippen LogP contribution is -1.95. The topological polar surface area (TPSA) is 62.1 Å². The molecule has 4 rings (SSSR count). The van der Waals surface area contributed by atoms with Gasteiger partial charge in [0.15, 0.2) is 11.5 Å². The highest BCUT2D eigenvalue weighted by atomic mass is 19.1. The Hall–Kier alpha value is -3.15. The predicted octanol–water partition coefficient (Wildman–Crippen LogP) is 4.50. The van der Waals surface area contributed by atoms with Crippen LogP contribution in [0.1, 0.15) is 0 Å². The van der Waals surface area contributed by atoms with Gasteiger partial charge in [-0.15, -0.1) is 0 Å². The van der Waals surface area contributed by atoms with Crippen LogP contribution in [0.25, 0.3) is 22.0 Å². The third kappa shape index (κ3) is 2.23. The average molecular weight is 325 g/mol. The van der Waals surface area contributed by atoms with Gasteiger partial charge in [-0.1, -0.05) is 0 Å². The lowest BCUT2D eigenvalue weighted by molar-refractivity contribution is 0.355. The normalized spacial score (nSPS) is 11.1. The summed E-state index contributed by atoms with van der Waals surface area (Å²) in [6.07, 6.45) is 0. The first-order valence-electron chi connectivity index (χ1n) is 7.47. The maximum atomic E-state index is 13.4. The number of rotatable bonds is 4. The molecule has 1 aliphatic heterocycles. The van der Waals surface area contributed by atoms with Crippen LogP contribution in [0.3, 0.4) is 0 Å². The van der Waals surface area contributed by atoms with E-state index in [9.17, 15) is 4.39 Å². The Labute approximate surface area is 137 Å². The van der Waals surface area contributed by atoms with Gasteiger partial charge in [0.25, 0.3) is 0 Å². The van der Waals surface area contributed by atoms with E-state index in [0.29, 0.717) is 11.5 Å². The Bertz CT molecular complexity index is 989. The van der Waals surface area contributed by atoms with E-state index in [1.54, 1.807) is 20.3 Å². The lowest BCUT2D eigenvalue weighted by Gasteiger charge is -2.10. The van der Waals surface area contributed by atoms with Crippen LogP contribution in [-0.4, -0.2) is 24.4 Å². The number of benzene rings is 2. The number of methoxy groups -OCH3 is 2. The van der Waals surface area contributed by atoms with Crippen LogP contribution in [-0.2, 0) is 0 Å².